The van der Waals surface area contributed by atoms with Gasteiger partial charge in [0.05, 0.1) is 0 Å². The monoisotopic (exact) mass is 246 g/mol. The molecule has 0 spiro atoms. The van der Waals surface area contributed by atoms with Crippen LogP contribution in [-0.4, -0.2) is 11.9 Å². The second kappa shape index (κ2) is 3.98. The van der Waals surface area contributed by atoms with Gasteiger partial charge in [0.15, 0.2) is 0 Å². The quantitative estimate of drug-likeness (QED) is 0.567. The van der Waals surface area contributed by atoms with Crippen LogP contribution in [0.4, 0.5) is 0 Å². The zero-order valence-electron chi connectivity index (χ0n) is 5.75. The van der Waals surface area contributed by atoms with Crippen molar-refractivity contribution in [2.45, 2.75) is 0 Å². The number of rotatable bonds is 2. The summed E-state index contributed by atoms with van der Waals surface area (Å²) in [5, 5.41) is 0. The summed E-state index contributed by atoms with van der Waals surface area (Å²) < 4.78 is 5.30. The van der Waals surface area contributed by atoms with E-state index in [1.54, 1.807) is 7.11 Å². The largest absolute Gasteiger partial charge is 0.425 e. The van der Waals surface area contributed by atoms with E-state index in [4.69, 9.17) is 4.65 Å². The molecule has 0 bridgehead atoms. The first-order valence-electron chi connectivity index (χ1n) is 3.06. The van der Waals surface area contributed by atoms with Crippen LogP contribution in [0.3, 0.4) is 0 Å². The molecule has 0 atom stereocenters. The molecule has 0 saturated carbocycles. The first-order valence-corrected chi connectivity index (χ1v) is 4.31. The van der Waals surface area contributed by atoms with Crippen LogP contribution in [0.1, 0.15) is 0 Å². The predicted molar refractivity (Wildman–Crippen MR) is 52.9 cm³/mol. The maximum absolute atomic E-state index is 5.12. The molecule has 1 nitrogen and oxygen atoms in total. The summed E-state index contributed by atoms with van der Waals surface area (Å²) in [4.78, 5) is 0. The molecule has 0 saturated heterocycles. The van der Waals surface area contributed by atoms with Gasteiger partial charge in [-0.15, -0.1) is 22.4 Å². The van der Waals surface area contributed by atoms with Gasteiger partial charge in [0.1, 0.15) is 0 Å². The number of hydrogen-bond donors (Lipinski definition) is 0. The van der Waals surface area contributed by atoms with E-state index in [9.17, 15) is 0 Å². The van der Waals surface area contributed by atoms with Gasteiger partial charge in [0.2, 0.25) is 0 Å². The van der Waals surface area contributed by atoms with Crippen molar-refractivity contribution in [2.75, 3.05) is 7.11 Å². The highest BCUT2D eigenvalue weighted by atomic mass is 127. The van der Waals surface area contributed by atoms with Crippen molar-refractivity contribution >= 4 is 32.6 Å². The lowest BCUT2D eigenvalue weighted by Gasteiger charge is -2.01. The number of halogens is 1. The SMILES string of the molecule is COB(I)c1ccccc1. The Labute approximate surface area is 74.8 Å². The first kappa shape index (κ1) is 8.08. The number of hydrogen-bond acceptors (Lipinski definition) is 1. The zero-order chi connectivity index (χ0) is 7.40. The van der Waals surface area contributed by atoms with Crippen molar-refractivity contribution < 1.29 is 4.65 Å². The van der Waals surface area contributed by atoms with Crippen LogP contribution in [0.5, 0.6) is 0 Å². The van der Waals surface area contributed by atoms with Gasteiger partial charge >= 0.3 is 4.77 Å². The van der Waals surface area contributed by atoms with Gasteiger partial charge < -0.3 is 4.65 Å². The van der Waals surface area contributed by atoms with E-state index in [0.29, 0.717) is 0 Å². The molecule has 0 aliphatic carbocycles. The Balaban J connectivity index is 2.75. The molecule has 1 aromatic carbocycles. The van der Waals surface area contributed by atoms with Gasteiger partial charge in [-0.3, -0.25) is 0 Å². The Hall–Kier alpha value is -0.0251. The Morgan fingerprint density at radius 1 is 1.30 bits per heavy atom. The Morgan fingerprint density at radius 2 is 1.90 bits per heavy atom. The lowest BCUT2D eigenvalue weighted by molar-refractivity contribution is 0.448. The maximum Gasteiger partial charge on any atom is 0.399 e. The summed E-state index contributed by atoms with van der Waals surface area (Å²) in [5.74, 6) is 0. The Kier molecular flexibility index (Phi) is 3.21. The second-order valence-corrected chi connectivity index (χ2v) is 3.09. The third kappa shape index (κ3) is 1.99. The lowest BCUT2D eigenvalue weighted by atomic mass is 9.88. The molecule has 0 N–H and O–H groups in total. The highest BCUT2D eigenvalue weighted by molar-refractivity contribution is 14.1. The third-order valence-corrected chi connectivity index (χ3v) is 2.50. The van der Waals surface area contributed by atoms with Gasteiger partial charge in [-0.1, -0.05) is 30.3 Å². The smallest absolute Gasteiger partial charge is 0.399 e. The van der Waals surface area contributed by atoms with Crippen LogP contribution in [-0.2, 0) is 4.65 Å². The summed E-state index contributed by atoms with van der Waals surface area (Å²) >= 11 is 2.25. The molecule has 52 valence electrons. The molecule has 0 aromatic heterocycles. The lowest BCUT2D eigenvalue weighted by Crippen LogP contribution is -2.24. The van der Waals surface area contributed by atoms with Crippen LogP contribution < -0.4 is 5.46 Å². The molecule has 10 heavy (non-hydrogen) atoms. The van der Waals surface area contributed by atoms with Gasteiger partial charge in [0, 0.05) is 7.11 Å². The standard InChI is InChI=1S/C7H8BIO/c1-10-8(9)7-5-3-2-4-6-7/h2-6H,1H3. The van der Waals surface area contributed by atoms with Gasteiger partial charge in [-0.2, -0.15) is 0 Å². The first-order chi connectivity index (χ1) is 4.84. The molecular formula is C7H8BIO. The molecular weight excluding hydrogens is 238 g/mol. The number of benzene rings is 1. The topological polar surface area (TPSA) is 9.23 Å². The fourth-order valence-corrected chi connectivity index (χ4v) is 1.16. The van der Waals surface area contributed by atoms with Crippen molar-refractivity contribution in [1.82, 2.24) is 0 Å². The molecule has 0 aliphatic heterocycles. The molecule has 0 aliphatic rings. The second-order valence-electron chi connectivity index (χ2n) is 1.96. The molecule has 1 aromatic rings. The van der Waals surface area contributed by atoms with Gasteiger partial charge in [-0.05, 0) is 5.46 Å². The molecule has 1 rings (SSSR count). The van der Waals surface area contributed by atoms with Crippen molar-refractivity contribution in [3.05, 3.63) is 30.3 Å². The van der Waals surface area contributed by atoms with Crippen molar-refractivity contribution in [1.29, 1.82) is 0 Å². The van der Waals surface area contributed by atoms with E-state index in [-0.39, 0.29) is 4.77 Å². The highest BCUT2D eigenvalue weighted by Gasteiger charge is 2.09. The maximum atomic E-state index is 5.12. The molecule has 3 heteroatoms. The molecule has 0 heterocycles. The van der Waals surface area contributed by atoms with E-state index in [1.165, 1.54) is 5.46 Å². The molecule has 0 amide bonds. The summed E-state index contributed by atoms with van der Waals surface area (Å²) in [6, 6.07) is 10.1. The normalized spacial score (nSPS) is 9.40. The minimum atomic E-state index is 0.179. The van der Waals surface area contributed by atoms with Crippen LogP contribution in [0.25, 0.3) is 0 Å². The van der Waals surface area contributed by atoms with Gasteiger partial charge in [0.25, 0.3) is 0 Å². The van der Waals surface area contributed by atoms with Crippen LogP contribution in [0, 0.1) is 0 Å². The van der Waals surface area contributed by atoms with Crippen molar-refractivity contribution in [2.24, 2.45) is 0 Å². The van der Waals surface area contributed by atoms with Crippen molar-refractivity contribution in [3.8, 4) is 0 Å². The third-order valence-electron chi connectivity index (χ3n) is 1.27. The molecule has 0 unspecified atom stereocenters. The fraction of sp³-hybridized carbons (Fsp3) is 0.143. The van der Waals surface area contributed by atoms with Crippen molar-refractivity contribution in [3.63, 3.8) is 0 Å². The molecule has 0 radical (unpaired) electrons. The van der Waals surface area contributed by atoms with E-state index < -0.39 is 0 Å². The fourth-order valence-electron chi connectivity index (χ4n) is 0.740. The van der Waals surface area contributed by atoms with Crippen LogP contribution in [0.2, 0.25) is 0 Å². The Bertz CT molecular complexity index is 190. The minimum absolute atomic E-state index is 0.179. The summed E-state index contributed by atoms with van der Waals surface area (Å²) in [6.45, 7) is 0. The molecule has 0 fully saturated rings. The highest BCUT2D eigenvalue weighted by Crippen LogP contribution is 1.96. The van der Waals surface area contributed by atoms with Gasteiger partial charge in [-0.25, -0.2) is 0 Å². The van der Waals surface area contributed by atoms with E-state index >= 15 is 0 Å². The summed E-state index contributed by atoms with van der Waals surface area (Å²) in [7, 11) is 1.71. The minimum Gasteiger partial charge on any atom is -0.425 e. The van der Waals surface area contributed by atoms with Crippen LogP contribution >= 0.6 is 22.4 Å². The summed E-state index contributed by atoms with van der Waals surface area (Å²) in [6.07, 6.45) is 0. The van der Waals surface area contributed by atoms with Crippen LogP contribution in [0.15, 0.2) is 30.3 Å². The Morgan fingerprint density at radius 3 is 2.40 bits per heavy atom. The van der Waals surface area contributed by atoms with E-state index in [0.717, 1.165) is 0 Å². The average Bonchev–Trinajstić information content (AvgIpc) is 2.05. The van der Waals surface area contributed by atoms with E-state index in [2.05, 4.69) is 34.5 Å². The zero-order valence-corrected chi connectivity index (χ0v) is 7.91. The van der Waals surface area contributed by atoms with E-state index in [1.807, 2.05) is 18.2 Å². The summed E-state index contributed by atoms with van der Waals surface area (Å²) in [5.41, 5.74) is 1.21. The predicted octanol–water partition coefficient (Wildman–Crippen LogP) is 1.46. The average molecular weight is 246 g/mol.